The van der Waals surface area contributed by atoms with Crippen molar-refractivity contribution in [1.29, 1.82) is 0 Å². The van der Waals surface area contributed by atoms with E-state index >= 15 is 0 Å². The van der Waals surface area contributed by atoms with E-state index in [-0.39, 0.29) is 11.7 Å². The number of benzene rings is 2. The van der Waals surface area contributed by atoms with Gasteiger partial charge in [0.05, 0.1) is 12.0 Å². The predicted molar refractivity (Wildman–Crippen MR) is 90.9 cm³/mol. The Hall–Kier alpha value is -2.53. The van der Waals surface area contributed by atoms with Gasteiger partial charge in [0.1, 0.15) is 5.75 Å². The standard InChI is InChI=1S/C18H15NO3S/c1-12(20)19(13-7-9-14(22-2)10-8-13)11-17-18(21)15-5-3-4-6-16(15)23-17/h3-11H,1-2H3/b17-11+. The first-order valence-corrected chi connectivity index (χ1v) is 7.89. The zero-order chi connectivity index (χ0) is 16.4. The molecular weight excluding hydrogens is 310 g/mol. The number of carbonyl (C=O) groups is 2. The van der Waals surface area contributed by atoms with Crippen LogP contribution in [-0.2, 0) is 4.79 Å². The van der Waals surface area contributed by atoms with Crippen molar-refractivity contribution in [1.82, 2.24) is 0 Å². The van der Waals surface area contributed by atoms with E-state index in [1.807, 2.05) is 18.2 Å². The predicted octanol–water partition coefficient (Wildman–Crippen LogP) is 3.88. The minimum Gasteiger partial charge on any atom is -0.497 e. The first-order valence-electron chi connectivity index (χ1n) is 7.07. The molecule has 116 valence electrons. The number of ketones is 1. The minimum atomic E-state index is -0.160. The molecule has 0 saturated heterocycles. The molecule has 2 aromatic carbocycles. The molecule has 2 aromatic rings. The lowest BCUT2D eigenvalue weighted by molar-refractivity contribution is -0.116. The number of hydrogen-bond donors (Lipinski definition) is 0. The van der Waals surface area contributed by atoms with Crippen LogP contribution in [-0.4, -0.2) is 18.8 Å². The van der Waals surface area contributed by atoms with Crippen LogP contribution in [0.25, 0.3) is 0 Å². The number of thioether (sulfide) groups is 1. The number of fused-ring (bicyclic) bond motifs is 1. The molecule has 1 aliphatic heterocycles. The second-order valence-corrected chi connectivity index (χ2v) is 6.09. The maximum absolute atomic E-state index is 12.4. The molecule has 3 rings (SSSR count). The molecule has 0 atom stereocenters. The molecule has 5 heteroatoms. The van der Waals surface area contributed by atoms with Crippen LogP contribution in [0.4, 0.5) is 5.69 Å². The lowest BCUT2D eigenvalue weighted by Crippen LogP contribution is -2.22. The van der Waals surface area contributed by atoms with Crippen LogP contribution in [0.2, 0.25) is 0 Å². The lowest BCUT2D eigenvalue weighted by atomic mass is 10.1. The van der Waals surface area contributed by atoms with Crippen molar-refractivity contribution in [2.75, 3.05) is 12.0 Å². The smallest absolute Gasteiger partial charge is 0.227 e. The molecule has 0 bridgehead atoms. The van der Waals surface area contributed by atoms with Crippen LogP contribution < -0.4 is 9.64 Å². The third-order valence-corrected chi connectivity index (χ3v) is 4.60. The summed E-state index contributed by atoms with van der Waals surface area (Å²) in [6, 6.07) is 14.6. The molecule has 0 spiro atoms. The van der Waals surface area contributed by atoms with Crippen LogP contribution in [0.3, 0.4) is 0 Å². The summed E-state index contributed by atoms with van der Waals surface area (Å²) in [7, 11) is 1.59. The number of amides is 1. The van der Waals surface area contributed by atoms with Gasteiger partial charge in [-0.05, 0) is 36.4 Å². The summed E-state index contributed by atoms with van der Waals surface area (Å²) in [5, 5.41) is 0. The van der Waals surface area contributed by atoms with Gasteiger partial charge in [0.2, 0.25) is 11.7 Å². The number of nitrogens with zero attached hydrogens (tertiary/aromatic N) is 1. The molecule has 0 radical (unpaired) electrons. The highest BCUT2D eigenvalue weighted by Crippen LogP contribution is 2.40. The number of methoxy groups -OCH3 is 1. The Morgan fingerprint density at radius 3 is 2.43 bits per heavy atom. The van der Waals surface area contributed by atoms with Gasteiger partial charge >= 0.3 is 0 Å². The summed E-state index contributed by atoms with van der Waals surface area (Å²) in [4.78, 5) is 27.4. The first kappa shape index (κ1) is 15.4. The van der Waals surface area contributed by atoms with Crippen molar-refractivity contribution in [3.63, 3.8) is 0 Å². The van der Waals surface area contributed by atoms with Crippen LogP contribution in [0, 0.1) is 0 Å². The van der Waals surface area contributed by atoms with Crippen LogP contribution >= 0.6 is 11.8 Å². The fraction of sp³-hybridized carbons (Fsp3) is 0.111. The van der Waals surface area contributed by atoms with Crippen molar-refractivity contribution >= 4 is 29.1 Å². The molecular formula is C18H15NO3S. The van der Waals surface area contributed by atoms with E-state index in [0.29, 0.717) is 21.9 Å². The molecule has 1 aliphatic rings. The van der Waals surface area contributed by atoms with Crippen LogP contribution in [0.5, 0.6) is 5.75 Å². The molecule has 0 aromatic heterocycles. The maximum atomic E-state index is 12.4. The molecule has 0 unspecified atom stereocenters. The number of hydrogen-bond acceptors (Lipinski definition) is 4. The average molecular weight is 325 g/mol. The van der Waals surface area contributed by atoms with Gasteiger partial charge in [-0.3, -0.25) is 14.5 Å². The number of rotatable bonds is 3. The van der Waals surface area contributed by atoms with Gasteiger partial charge in [0.25, 0.3) is 0 Å². The molecule has 1 heterocycles. The summed E-state index contributed by atoms with van der Waals surface area (Å²) in [5.74, 6) is 0.501. The third-order valence-electron chi connectivity index (χ3n) is 3.51. The number of carbonyl (C=O) groups excluding carboxylic acids is 2. The van der Waals surface area contributed by atoms with Crippen molar-refractivity contribution in [3.05, 3.63) is 65.2 Å². The number of allylic oxidation sites excluding steroid dienone is 1. The van der Waals surface area contributed by atoms with Crippen LogP contribution in [0.1, 0.15) is 17.3 Å². The third kappa shape index (κ3) is 3.00. The second-order valence-electron chi connectivity index (χ2n) is 5.01. The van der Waals surface area contributed by atoms with E-state index in [9.17, 15) is 9.59 Å². The van der Waals surface area contributed by atoms with E-state index in [0.717, 1.165) is 4.90 Å². The Kier molecular flexibility index (Phi) is 4.21. The fourth-order valence-corrected chi connectivity index (χ4v) is 3.35. The summed E-state index contributed by atoms with van der Waals surface area (Å²) < 4.78 is 5.13. The Morgan fingerprint density at radius 2 is 1.83 bits per heavy atom. The Morgan fingerprint density at radius 1 is 1.13 bits per heavy atom. The second kappa shape index (κ2) is 6.30. The Balaban J connectivity index is 1.94. The van der Waals surface area contributed by atoms with E-state index in [1.54, 1.807) is 43.6 Å². The monoisotopic (exact) mass is 325 g/mol. The van der Waals surface area contributed by atoms with Crippen molar-refractivity contribution in [2.24, 2.45) is 0 Å². The zero-order valence-corrected chi connectivity index (χ0v) is 13.6. The van der Waals surface area contributed by atoms with Gasteiger partial charge < -0.3 is 4.74 Å². The normalized spacial score (nSPS) is 14.7. The minimum absolute atomic E-state index is 0.0506. The summed E-state index contributed by atoms with van der Waals surface area (Å²) in [6.07, 6.45) is 1.61. The summed E-state index contributed by atoms with van der Waals surface area (Å²) in [6.45, 7) is 1.47. The quantitative estimate of drug-likeness (QED) is 0.804. The van der Waals surface area contributed by atoms with Gasteiger partial charge in [0.15, 0.2) is 0 Å². The highest BCUT2D eigenvalue weighted by molar-refractivity contribution is 8.04. The number of anilines is 1. The molecule has 4 nitrogen and oxygen atoms in total. The molecule has 0 N–H and O–H groups in total. The molecule has 0 saturated carbocycles. The average Bonchev–Trinajstić information content (AvgIpc) is 2.89. The van der Waals surface area contributed by atoms with Crippen molar-refractivity contribution < 1.29 is 14.3 Å². The van der Waals surface area contributed by atoms with E-state index in [2.05, 4.69) is 0 Å². The fourth-order valence-electron chi connectivity index (χ4n) is 2.33. The SMILES string of the molecule is COc1ccc(N(/C=C2/Sc3ccccc3C2=O)C(C)=O)cc1. The van der Waals surface area contributed by atoms with Crippen molar-refractivity contribution in [2.45, 2.75) is 11.8 Å². The number of ether oxygens (including phenoxy) is 1. The first-order chi connectivity index (χ1) is 11.1. The maximum Gasteiger partial charge on any atom is 0.227 e. The highest BCUT2D eigenvalue weighted by Gasteiger charge is 2.26. The number of Topliss-reactive ketones (excluding diaryl/α,β-unsaturated/α-hetero) is 1. The Bertz CT molecular complexity index is 796. The summed E-state index contributed by atoms with van der Waals surface area (Å²) in [5.41, 5.74) is 1.37. The summed E-state index contributed by atoms with van der Waals surface area (Å²) >= 11 is 1.39. The van der Waals surface area contributed by atoms with E-state index in [1.165, 1.54) is 23.6 Å². The van der Waals surface area contributed by atoms with Gasteiger partial charge in [-0.2, -0.15) is 0 Å². The Labute approximate surface area is 138 Å². The largest absolute Gasteiger partial charge is 0.497 e. The zero-order valence-electron chi connectivity index (χ0n) is 12.8. The molecule has 0 aliphatic carbocycles. The molecule has 1 amide bonds. The van der Waals surface area contributed by atoms with E-state index < -0.39 is 0 Å². The van der Waals surface area contributed by atoms with Gasteiger partial charge in [-0.15, -0.1) is 0 Å². The van der Waals surface area contributed by atoms with Crippen molar-refractivity contribution in [3.8, 4) is 5.75 Å². The van der Waals surface area contributed by atoms with Gasteiger partial charge in [-0.1, -0.05) is 23.9 Å². The van der Waals surface area contributed by atoms with E-state index in [4.69, 9.17) is 4.74 Å². The lowest BCUT2D eigenvalue weighted by Gasteiger charge is -2.17. The van der Waals surface area contributed by atoms with Crippen LogP contribution in [0.15, 0.2) is 64.5 Å². The van der Waals surface area contributed by atoms with Gasteiger partial charge in [-0.25, -0.2) is 0 Å². The topological polar surface area (TPSA) is 46.6 Å². The van der Waals surface area contributed by atoms with Gasteiger partial charge in [0, 0.05) is 29.3 Å². The molecule has 23 heavy (non-hydrogen) atoms. The molecule has 0 fully saturated rings. The highest BCUT2D eigenvalue weighted by atomic mass is 32.2.